The second-order valence-electron chi connectivity index (χ2n) is 18.1. The van der Waals surface area contributed by atoms with Crippen LogP contribution in [0.1, 0.15) is 86.5 Å². The van der Waals surface area contributed by atoms with Gasteiger partial charge in [0.15, 0.2) is 22.5 Å². The van der Waals surface area contributed by atoms with Crippen LogP contribution in [0.15, 0.2) is 55.0 Å². The van der Waals surface area contributed by atoms with E-state index in [1.807, 2.05) is 63.4 Å². The van der Waals surface area contributed by atoms with E-state index < -0.39 is 38.5 Å². The quantitative estimate of drug-likeness (QED) is 0.0882. The van der Waals surface area contributed by atoms with Crippen LogP contribution in [-0.2, 0) is 32.5 Å². The van der Waals surface area contributed by atoms with Gasteiger partial charge in [-0.05, 0) is 88.1 Å². The van der Waals surface area contributed by atoms with Crippen molar-refractivity contribution in [2.75, 3.05) is 0 Å². The van der Waals surface area contributed by atoms with E-state index in [4.69, 9.17) is 18.8 Å². The number of hydrogen-bond donors (Lipinski definition) is 2. The zero-order chi connectivity index (χ0) is 37.8. The summed E-state index contributed by atoms with van der Waals surface area (Å²) in [6.45, 7) is 28.4. The molecule has 0 bridgehead atoms. The van der Waals surface area contributed by atoms with Gasteiger partial charge in [0.25, 0.3) is 0 Å². The molecule has 1 aliphatic carbocycles. The van der Waals surface area contributed by atoms with Gasteiger partial charge in [-0.3, -0.25) is 4.98 Å². The van der Waals surface area contributed by atoms with Gasteiger partial charge in [-0.1, -0.05) is 59.7 Å². The van der Waals surface area contributed by atoms with Crippen molar-refractivity contribution in [3.8, 4) is 17.1 Å². The van der Waals surface area contributed by atoms with Crippen molar-refractivity contribution in [1.82, 2.24) is 29.5 Å². The van der Waals surface area contributed by atoms with E-state index in [2.05, 4.69) is 82.5 Å². The third-order valence-corrected chi connectivity index (χ3v) is 21.7. The zero-order valence-electron chi connectivity index (χ0n) is 32.8. The lowest BCUT2D eigenvalue weighted by Crippen LogP contribution is -2.60. The number of hydrogen-bond acceptors (Lipinski definition) is 9. The van der Waals surface area contributed by atoms with Gasteiger partial charge in [-0.25, -0.2) is 14.6 Å². The summed E-state index contributed by atoms with van der Waals surface area (Å²) in [6.07, 6.45) is 6.60. The van der Waals surface area contributed by atoms with Crippen molar-refractivity contribution in [3.05, 3.63) is 66.4 Å². The van der Waals surface area contributed by atoms with Crippen molar-refractivity contribution in [1.29, 1.82) is 0 Å². The Bertz CT molecular complexity index is 1840. The number of pyridine rings is 1. The number of nitrogens with one attached hydrogen (secondary N) is 1. The highest BCUT2D eigenvalue weighted by Gasteiger charge is 2.53. The summed E-state index contributed by atoms with van der Waals surface area (Å²) in [7, 11) is -3.95. The van der Waals surface area contributed by atoms with Crippen LogP contribution in [0.5, 0.6) is 0 Å². The third kappa shape index (κ3) is 8.51. The van der Waals surface area contributed by atoms with Crippen molar-refractivity contribution >= 4 is 38.9 Å². The van der Waals surface area contributed by atoms with E-state index >= 15 is 0 Å². The summed E-state index contributed by atoms with van der Waals surface area (Å²) in [4.78, 5) is 14.4. The van der Waals surface area contributed by atoms with Gasteiger partial charge in [-0.2, -0.15) is 5.10 Å². The van der Waals surface area contributed by atoms with E-state index in [0.29, 0.717) is 36.7 Å². The molecule has 2 atom stereocenters. The van der Waals surface area contributed by atoms with Crippen LogP contribution < -0.4 is 4.72 Å². The minimum atomic E-state index is -1.99. The van der Waals surface area contributed by atoms with E-state index in [1.165, 1.54) is 0 Å². The molecule has 3 aromatic heterocycles. The molecule has 1 unspecified atom stereocenters. The van der Waals surface area contributed by atoms with E-state index in [1.54, 1.807) is 17.1 Å². The molecule has 10 nitrogen and oxygen atoms in total. The first-order valence-electron chi connectivity index (χ1n) is 17.9. The second-order valence-corrected chi connectivity index (χ2v) is 29.6. The molecule has 2 N–H and O–H groups in total. The maximum Gasteiger partial charge on any atom is 0.203 e. The largest absolute Gasteiger partial charge is 0.598 e. The molecule has 5 rings (SSSR count). The smallest absolute Gasteiger partial charge is 0.203 e. The molecule has 1 aromatic carbocycles. The highest BCUT2D eigenvalue weighted by Crippen LogP contribution is 2.47. The molecule has 0 amide bonds. The zero-order valence-corrected chi connectivity index (χ0v) is 35.6. The van der Waals surface area contributed by atoms with Crippen molar-refractivity contribution in [2.24, 2.45) is 5.92 Å². The Balaban J connectivity index is 1.44. The van der Waals surface area contributed by atoms with Gasteiger partial charge in [0, 0.05) is 34.3 Å². The summed E-state index contributed by atoms with van der Waals surface area (Å²) < 4.78 is 30.9. The summed E-state index contributed by atoms with van der Waals surface area (Å²) in [5, 5.41) is 18.2. The number of aliphatic hydroxyl groups is 1. The lowest BCUT2D eigenvalue weighted by molar-refractivity contribution is -0.109. The van der Waals surface area contributed by atoms with Gasteiger partial charge in [-0.15, -0.1) is 4.72 Å². The Kier molecular flexibility index (Phi) is 10.9. The Morgan fingerprint density at radius 1 is 0.902 bits per heavy atom. The van der Waals surface area contributed by atoms with Gasteiger partial charge in [0.1, 0.15) is 4.75 Å². The molecular weight excluding hydrogens is 693 g/mol. The van der Waals surface area contributed by atoms with Gasteiger partial charge in [0.2, 0.25) is 5.72 Å². The van der Waals surface area contributed by atoms with Crippen molar-refractivity contribution in [3.63, 3.8) is 0 Å². The van der Waals surface area contributed by atoms with Gasteiger partial charge >= 0.3 is 0 Å². The van der Waals surface area contributed by atoms with Gasteiger partial charge < -0.3 is 18.5 Å². The number of benzene rings is 1. The fraction of sp³-hybridized carbons (Fsp3) is 0.579. The lowest BCUT2D eigenvalue weighted by atomic mass is 9.74. The van der Waals surface area contributed by atoms with E-state index in [0.717, 1.165) is 22.2 Å². The molecule has 1 aliphatic rings. The first-order valence-corrected chi connectivity index (χ1v) is 24.9. The fourth-order valence-corrected chi connectivity index (χ4v) is 8.62. The summed E-state index contributed by atoms with van der Waals surface area (Å²) in [5.41, 5.74) is 1.95. The SMILES string of the molecule is CC(C)(C)[S+]([O-])N[C@@](O)(c1cccc(-c2ccc3cnn(-c4cncc(CO[Si](C)(C)C(C)(C)C)n4)c3c2)n1)C1CC(O[Si](C)(C)C(C)(C)C)C1. The number of fused-ring (bicyclic) bond motifs is 1. The highest BCUT2D eigenvalue weighted by molar-refractivity contribution is 7.90. The topological polar surface area (TPSA) is 130 Å². The Morgan fingerprint density at radius 3 is 2.20 bits per heavy atom. The minimum absolute atomic E-state index is 0.0402. The van der Waals surface area contributed by atoms with Crippen LogP contribution in [0.4, 0.5) is 0 Å². The maximum absolute atomic E-state index is 13.5. The molecule has 0 saturated heterocycles. The minimum Gasteiger partial charge on any atom is -0.598 e. The number of rotatable bonds is 11. The van der Waals surface area contributed by atoms with E-state index in [-0.39, 0.29) is 22.1 Å². The molecule has 0 aliphatic heterocycles. The average Bonchev–Trinajstić information content (AvgIpc) is 3.43. The van der Waals surface area contributed by atoms with Crippen molar-refractivity contribution in [2.45, 2.75) is 135 Å². The first-order chi connectivity index (χ1) is 23.4. The molecule has 3 heterocycles. The van der Waals surface area contributed by atoms with Crippen LogP contribution in [0.3, 0.4) is 0 Å². The Morgan fingerprint density at radius 2 is 1.57 bits per heavy atom. The van der Waals surface area contributed by atoms with Crippen LogP contribution in [0.25, 0.3) is 28.0 Å². The summed E-state index contributed by atoms with van der Waals surface area (Å²) in [5.74, 6) is 0.375. The summed E-state index contributed by atoms with van der Waals surface area (Å²) in [6, 6.07) is 11.7. The maximum atomic E-state index is 13.5. The lowest BCUT2D eigenvalue weighted by Gasteiger charge is -2.49. The predicted molar refractivity (Wildman–Crippen MR) is 212 cm³/mol. The molecule has 51 heavy (non-hydrogen) atoms. The molecular formula is C38H58N6O4SSi2. The molecule has 278 valence electrons. The highest BCUT2D eigenvalue weighted by atomic mass is 32.2. The molecule has 0 radical (unpaired) electrons. The molecule has 13 heteroatoms. The fourth-order valence-electron chi connectivity index (χ4n) is 5.44. The van der Waals surface area contributed by atoms with Crippen LogP contribution in [-0.4, -0.2) is 61.9 Å². The predicted octanol–water partition coefficient (Wildman–Crippen LogP) is 8.40. The average molecular weight is 751 g/mol. The number of aromatic nitrogens is 5. The molecule has 1 fully saturated rings. The Labute approximate surface area is 309 Å². The Hall–Kier alpha value is -2.50. The third-order valence-electron chi connectivity index (χ3n) is 11.0. The van der Waals surface area contributed by atoms with Gasteiger partial charge in [0.05, 0.1) is 47.8 Å². The number of nitrogens with zero attached hydrogens (tertiary/aromatic N) is 5. The normalized spacial score (nSPS) is 19.5. The van der Waals surface area contributed by atoms with Crippen molar-refractivity contribution < 1.29 is 18.5 Å². The molecule has 0 spiro atoms. The second kappa shape index (κ2) is 14.1. The molecule has 1 saturated carbocycles. The first kappa shape index (κ1) is 39.7. The molecule has 4 aromatic rings. The van der Waals surface area contributed by atoms with E-state index in [9.17, 15) is 9.66 Å². The standard InChI is InChI=1S/C38H58N6O4SSi2/c1-35(2,3)49(46)43-38(45,28-20-30(21-28)48-51(12,13)37(7,8)9)33-16-14-15-31(42-33)26-17-18-27-22-40-44(32(27)19-26)34-24-39-23-29(41-34)25-47-50(10,11)36(4,5)6/h14-19,22-24,28,30,43,45H,20-21,25H2,1-13H3/t28?,30?,38-,49?/m0/s1. The van der Waals surface area contributed by atoms with Crippen LogP contribution in [0.2, 0.25) is 36.3 Å². The van der Waals surface area contributed by atoms with Crippen LogP contribution >= 0.6 is 0 Å². The monoisotopic (exact) mass is 750 g/mol. The summed E-state index contributed by atoms with van der Waals surface area (Å²) >= 11 is -1.55. The van der Waals surface area contributed by atoms with Crippen LogP contribution in [0, 0.1) is 5.92 Å².